The first-order valence-corrected chi connectivity index (χ1v) is 4.90. The molecule has 1 rings (SSSR count). The van der Waals surface area contributed by atoms with Gasteiger partial charge in [-0.25, -0.2) is 5.43 Å². The molecule has 0 saturated carbocycles. The Hall–Kier alpha value is -1.71. The van der Waals surface area contributed by atoms with Gasteiger partial charge in [-0.3, -0.25) is 4.79 Å². The number of nitrogens with one attached hydrogen (secondary N) is 1. The second-order valence-corrected chi connectivity index (χ2v) is 3.49. The zero-order valence-corrected chi connectivity index (χ0v) is 8.64. The quantitative estimate of drug-likeness (QED) is 0.592. The molecule has 1 amide bonds. The molecule has 0 bridgehead atoms. The highest BCUT2D eigenvalue weighted by atomic mass is 16.3. The van der Waals surface area contributed by atoms with Gasteiger partial charge >= 0.3 is 0 Å². The fourth-order valence-electron chi connectivity index (χ4n) is 1.31. The minimum Gasteiger partial charge on any atom is -0.273 e. The number of carbonyl (C=O) groups is 1. The summed E-state index contributed by atoms with van der Waals surface area (Å²) in [6.07, 6.45) is 1.54. The van der Waals surface area contributed by atoms with Crippen LogP contribution in [-0.4, -0.2) is 5.91 Å². The second-order valence-electron chi connectivity index (χ2n) is 3.49. The number of carbonyl (C=O) groups excluding carboxylic acids is 1. The highest BCUT2D eigenvalue weighted by Crippen LogP contribution is 2.09. The summed E-state index contributed by atoms with van der Waals surface area (Å²) in [5.74, 6) is -0.510. The zero-order chi connectivity index (χ0) is 11.1. The zero-order valence-electron chi connectivity index (χ0n) is 8.64. The fraction of sp³-hybridized carbons (Fsp3) is 0.364. The monoisotopic (exact) mass is 206 g/mol. The van der Waals surface area contributed by atoms with Crippen LogP contribution in [0.15, 0.2) is 35.6 Å². The molecule has 1 N–H and O–H groups in total. The van der Waals surface area contributed by atoms with E-state index in [1.165, 1.54) is 5.56 Å². The van der Waals surface area contributed by atoms with Crippen LogP contribution in [0.25, 0.3) is 0 Å². The first kappa shape index (κ1) is 11.4. The van der Waals surface area contributed by atoms with Gasteiger partial charge in [0.05, 0.1) is 5.29 Å². The van der Waals surface area contributed by atoms with Gasteiger partial charge in [0.1, 0.15) is 0 Å². The molecule has 0 aliphatic carbocycles. The Morgan fingerprint density at radius 2 is 2.07 bits per heavy atom. The summed E-state index contributed by atoms with van der Waals surface area (Å²) in [6.45, 7) is 1.78. The van der Waals surface area contributed by atoms with Crippen LogP contribution in [0.3, 0.4) is 0 Å². The molecule has 0 heterocycles. The minimum absolute atomic E-state index is 0.192. The Morgan fingerprint density at radius 3 is 2.67 bits per heavy atom. The molecule has 0 radical (unpaired) electrons. The third-order valence-electron chi connectivity index (χ3n) is 2.31. The van der Waals surface area contributed by atoms with Gasteiger partial charge in [0.2, 0.25) is 5.91 Å². The molecule has 4 heteroatoms. The van der Waals surface area contributed by atoms with E-state index in [0.717, 1.165) is 6.42 Å². The molecule has 0 aliphatic rings. The summed E-state index contributed by atoms with van der Waals surface area (Å²) in [7, 11) is 0. The van der Waals surface area contributed by atoms with Crippen molar-refractivity contribution in [1.82, 2.24) is 5.43 Å². The van der Waals surface area contributed by atoms with Crippen molar-refractivity contribution < 1.29 is 4.79 Å². The standard InChI is InChI=1S/C11H14N2O2/c1-9(11(14)12-13-15)7-8-10-5-3-2-4-6-10/h2-6,9H,7-8H2,1H3,(H,12,14,15). The normalized spacial score (nSPS) is 11.8. The number of hydrogen-bond acceptors (Lipinski definition) is 3. The summed E-state index contributed by atoms with van der Waals surface area (Å²) in [5.41, 5.74) is 3.10. The molecule has 0 aliphatic heterocycles. The summed E-state index contributed by atoms with van der Waals surface area (Å²) in [6, 6.07) is 9.92. The predicted molar refractivity (Wildman–Crippen MR) is 57.9 cm³/mol. The van der Waals surface area contributed by atoms with Crippen LogP contribution in [0.1, 0.15) is 18.9 Å². The largest absolute Gasteiger partial charge is 0.273 e. The van der Waals surface area contributed by atoms with Gasteiger partial charge in [0, 0.05) is 5.92 Å². The average Bonchev–Trinajstić information content (AvgIpc) is 2.27. The Balaban J connectivity index is 2.37. The average molecular weight is 206 g/mol. The van der Waals surface area contributed by atoms with E-state index in [9.17, 15) is 9.70 Å². The second kappa shape index (κ2) is 5.90. The number of amides is 1. The number of rotatable bonds is 5. The highest BCUT2D eigenvalue weighted by Gasteiger charge is 2.12. The summed E-state index contributed by atoms with van der Waals surface area (Å²) in [5, 5.41) is 2.36. The third kappa shape index (κ3) is 3.89. The summed E-state index contributed by atoms with van der Waals surface area (Å²) < 4.78 is 0. The van der Waals surface area contributed by atoms with Crippen molar-refractivity contribution in [2.45, 2.75) is 19.8 Å². The Bertz CT molecular complexity index is 325. The van der Waals surface area contributed by atoms with E-state index in [2.05, 4.69) is 5.29 Å². The molecule has 1 aromatic rings. The van der Waals surface area contributed by atoms with Crippen LogP contribution in [0.4, 0.5) is 0 Å². The molecule has 1 unspecified atom stereocenters. The van der Waals surface area contributed by atoms with Crippen LogP contribution >= 0.6 is 0 Å². The number of nitrogens with zero attached hydrogens (tertiary/aromatic N) is 1. The molecule has 0 saturated heterocycles. The lowest BCUT2D eigenvalue weighted by Crippen LogP contribution is -2.24. The van der Waals surface area contributed by atoms with Gasteiger partial charge in [0.15, 0.2) is 0 Å². The Kier molecular flexibility index (Phi) is 4.47. The molecule has 15 heavy (non-hydrogen) atoms. The Morgan fingerprint density at radius 1 is 1.40 bits per heavy atom. The maximum atomic E-state index is 11.2. The van der Waals surface area contributed by atoms with E-state index in [1.807, 2.05) is 35.8 Å². The van der Waals surface area contributed by atoms with Crippen molar-refractivity contribution in [3.8, 4) is 0 Å². The van der Waals surface area contributed by atoms with Gasteiger partial charge in [-0.2, -0.15) is 0 Å². The van der Waals surface area contributed by atoms with Crippen molar-refractivity contribution in [3.05, 3.63) is 40.8 Å². The molecule has 0 aromatic heterocycles. The van der Waals surface area contributed by atoms with E-state index in [-0.39, 0.29) is 11.8 Å². The smallest absolute Gasteiger partial charge is 0.245 e. The van der Waals surface area contributed by atoms with Crippen molar-refractivity contribution in [2.24, 2.45) is 11.2 Å². The number of aryl methyl sites for hydroxylation is 1. The van der Waals surface area contributed by atoms with Crippen molar-refractivity contribution in [3.63, 3.8) is 0 Å². The van der Waals surface area contributed by atoms with Crippen molar-refractivity contribution >= 4 is 5.91 Å². The van der Waals surface area contributed by atoms with E-state index < -0.39 is 0 Å². The topological polar surface area (TPSA) is 58.5 Å². The number of hydrogen-bond donors (Lipinski definition) is 1. The van der Waals surface area contributed by atoms with E-state index in [4.69, 9.17) is 0 Å². The molecular weight excluding hydrogens is 192 g/mol. The van der Waals surface area contributed by atoms with Crippen molar-refractivity contribution in [1.29, 1.82) is 0 Å². The lowest BCUT2D eigenvalue weighted by molar-refractivity contribution is -0.124. The SMILES string of the molecule is CC(CCc1ccccc1)C(=O)NN=O. The molecule has 4 nitrogen and oxygen atoms in total. The van der Waals surface area contributed by atoms with Gasteiger partial charge in [-0.05, 0) is 18.4 Å². The number of benzene rings is 1. The maximum absolute atomic E-state index is 11.2. The summed E-state index contributed by atoms with van der Waals surface area (Å²) in [4.78, 5) is 21.0. The predicted octanol–water partition coefficient (Wildman–Crippen LogP) is 2.05. The van der Waals surface area contributed by atoms with Gasteiger partial charge < -0.3 is 0 Å². The fourth-order valence-corrected chi connectivity index (χ4v) is 1.31. The highest BCUT2D eigenvalue weighted by molar-refractivity contribution is 5.77. The van der Waals surface area contributed by atoms with Crippen LogP contribution in [-0.2, 0) is 11.2 Å². The van der Waals surface area contributed by atoms with Crippen LogP contribution in [0.5, 0.6) is 0 Å². The summed E-state index contributed by atoms with van der Waals surface area (Å²) >= 11 is 0. The van der Waals surface area contributed by atoms with Crippen LogP contribution in [0, 0.1) is 10.8 Å². The first-order chi connectivity index (χ1) is 7.24. The van der Waals surface area contributed by atoms with Crippen LogP contribution in [0.2, 0.25) is 0 Å². The lowest BCUT2D eigenvalue weighted by atomic mass is 10.0. The van der Waals surface area contributed by atoms with Gasteiger partial charge in [-0.15, -0.1) is 4.91 Å². The van der Waals surface area contributed by atoms with Gasteiger partial charge in [0.25, 0.3) is 0 Å². The van der Waals surface area contributed by atoms with E-state index in [1.54, 1.807) is 6.92 Å². The van der Waals surface area contributed by atoms with Crippen LogP contribution < -0.4 is 5.43 Å². The first-order valence-electron chi connectivity index (χ1n) is 4.90. The number of nitroso groups, excluding NO2 is 1. The minimum atomic E-state index is -0.319. The van der Waals surface area contributed by atoms with Crippen molar-refractivity contribution in [2.75, 3.05) is 0 Å². The van der Waals surface area contributed by atoms with E-state index >= 15 is 0 Å². The lowest BCUT2D eigenvalue weighted by Gasteiger charge is -2.07. The molecule has 0 fully saturated rings. The molecule has 0 spiro atoms. The molecule has 80 valence electrons. The van der Waals surface area contributed by atoms with Gasteiger partial charge in [-0.1, -0.05) is 37.3 Å². The molecule has 1 atom stereocenters. The molecular formula is C11H14N2O2. The third-order valence-corrected chi connectivity index (χ3v) is 2.31. The maximum Gasteiger partial charge on any atom is 0.245 e. The Labute approximate surface area is 88.6 Å². The van der Waals surface area contributed by atoms with E-state index in [0.29, 0.717) is 6.42 Å². The molecule has 1 aromatic carbocycles.